The van der Waals surface area contributed by atoms with Crippen LogP contribution in [0.5, 0.6) is 0 Å². The first kappa shape index (κ1) is 13.5. The van der Waals surface area contributed by atoms with Gasteiger partial charge in [0.15, 0.2) is 0 Å². The maximum atomic E-state index is 10.8. The first-order valence-corrected chi connectivity index (χ1v) is 5.33. The molecule has 0 bridgehead atoms. The number of carboxylic acid groups (broad SMARTS) is 1. The maximum absolute atomic E-state index is 10.8. The second kappa shape index (κ2) is 5.70. The number of carbonyl (C=O) groups is 2. The van der Waals surface area contributed by atoms with Crippen LogP contribution < -0.4 is 5.32 Å². The number of hydrogen-bond donors (Lipinski definition) is 2. The van der Waals surface area contributed by atoms with Crippen LogP contribution in [0, 0.1) is 0 Å². The number of nitrogens with one attached hydrogen (secondary N) is 1. The van der Waals surface area contributed by atoms with Crippen molar-refractivity contribution in [1.82, 2.24) is 5.32 Å². The average Bonchev–Trinajstić information content (AvgIpc) is 2.21. The number of carboxylic acids is 1. The highest BCUT2D eigenvalue weighted by molar-refractivity contribution is 6.42. The molecule has 0 fully saturated rings. The van der Waals surface area contributed by atoms with Crippen LogP contribution in [0.4, 0.5) is 0 Å². The van der Waals surface area contributed by atoms with Crippen LogP contribution in [-0.4, -0.2) is 17.0 Å². The molecule has 0 aliphatic carbocycles. The summed E-state index contributed by atoms with van der Waals surface area (Å²) in [6.45, 7) is 1.23. The van der Waals surface area contributed by atoms with Crippen molar-refractivity contribution in [2.45, 2.75) is 6.92 Å². The molecule has 0 spiro atoms. The molecule has 1 aromatic rings. The Morgan fingerprint density at radius 2 is 1.94 bits per heavy atom. The Labute approximate surface area is 108 Å². The van der Waals surface area contributed by atoms with E-state index < -0.39 is 11.9 Å². The van der Waals surface area contributed by atoms with Gasteiger partial charge < -0.3 is 10.4 Å². The van der Waals surface area contributed by atoms with E-state index in [-0.39, 0.29) is 5.70 Å². The van der Waals surface area contributed by atoms with Gasteiger partial charge in [0.05, 0.1) is 10.0 Å². The highest BCUT2D eigenvalue weighted by atomic mass is 35.5. The number of amides is 1. The Hall–Kier alpha value is -1.52. The van der Waals surface area contributed by atoms with Gasteiger partial charge in [-0.25, -0.2) is 4.79 Å². The predicted octanol–water partition coefficient (Wildman–Crippen LogP) is 2.56. The number of hydrogen-bond acceptors (Lipinski definition) is 2. The minimum absolute atomic E-state index is 0.226. The lowest BCUT2D eigenvalue weighted by Gasteiger charge is -2.03. The van der Waals surface area contributed by atoms with Gasteiger partial charge >= 0.3 is 5.97 Å². The van der Waals surface area contributed by atoms with E-state index in [2.05, 4.69) is 5.32 Å². The van der Waals surface area contributed by atoms with Crippen LogP contribution in [0.1, 0.15) is 12.5 Å². The summed E-state index contributed by atoms with van der Waals surface area (Å²) >= 11 is 11.5. The van der Waals surface area contributed by atoms with E-state index in [1.165, 1.54) is 19.1 Å². The summed E-state index contributed by atoms with van der Waals surface area (Å²) in [4.78, 5) is 21.7. The lowest BCUT2D eigenvalue weighted by Crippen LogP contribution is -2.24. The van der Waals surface area contributed by atoms with E-state index in [0.29, 0.717) is 15.6 Å². The van der Waals surface area contributed by atoms with Crippen molar-refractivity contribution in [3.05, 3.63) is 39.5 Å². The van der Waals surface area contributed by atoms with Crippen LogP contribution in [-0.2, 0) is 9.59 Å². The zero-order valence-electron chi connectivity index (χ0n) is 8.83. The second-order valence-electron chi connectivity index (χ2n) is 3.22. The molecule has 4 nitrogen and oxygen atoms in total. The third kappa shape index (κ3) is 4.09. The lowest BCUT2D eigenvalue weighted by molar-refractivity contribution is -0.134. The highest BCUT2D eigenvalue weighted by Crippen LogP contribution is 2.23. The SMILES string of the molecule is CC(=O)N/C(=C/c1ccc(Cl)c(Cl)c1)C(=O)O. The van der Waals surface area contributed by atoms with E-state index in [9.17, 15) is 9.59 Å². The minimum Gasteiger partial charge on any atom is -0.477 e. The van der Waals surface area contributed by atoms with Gasteiger partial charge in [0.1, 0.15) is 5.70 Å². The summed E-state index contributed by atoms with van der Waals surface area (Å²) in [7, 11) is 0. The third-order valence-electron chi connectivity index (χ3n) is 1.80. The van der Waals surface area contributed by atoms with Crippen molar-refractivity contribution in [2.24, 2.45) is 0 Å². The molecule has 1 rings (SSSR count). The van der Waals surface area contributed by atoms with Gasteiger partial charge in [0.2, 0.25) is 5.91 Å². The third-order valence-corrected chi connectivity index (χ3v) is 2.53. The topological polar surface area (TPSA) is 66.4 Å². The number of halogens is 2. The van der Waals surface area contributed by atoms with Crippen molar-refractivity contribution in [1.29, 1.82) is 0 Å². The van der Waals surface area contributed by atoms with E-state index in [1.807, 2.05) is 0 Å². The van der Waals surface area contributed by atoms with Crippen LogP contribution in [0.2, 0.25) is 10.0 Å². The van der Waals surface area contributed by atoms with E-state index >= 15 is 0 Å². The fraction of sp³-hybridized carbons (Fsp3) is 0.0909. The summed E-state index contributed by atoms with van der Waals surface area (Å²) < 4.78 is 0. The van der Waals surface area contributed by atoms with Gasteiger partial charge in [0.25, 0.3) is 0 Å². The predicted molar refractivity (Wildman–Crippen MR) is 65.9 cm³/mol. The van der Waals surface area contributed by atoms with Gasteiger partial charge in [-0.15, -0.1) is 0 Å². The molecule has 0 heterocycles. The second-order valence-corrected chi connectivity index (χ2v) is 4.03. The van der Waals surface area contributed by atoms with Gasteiger partial charge in [-0.1, -0.05) is 29.3 Å². The largest absolute Gasteiger partial charge is 0.477 e. The normalized spacial score (nSPS) is 11.1. The van der Waals surface area contributed by atoms with E-state index in [1.54, 1.807) is 12.1 Å². The van der Waals surface area contributed by atoms with Gasteiger partial charge in [-0.3, -0.25) is 4.79 Å². The van der Waals surface area contributed by atoms with E-state index in [4.69, 9.17) is 28.3 Å². The number of rotatable bonds is 3. The Balaban J connectivity index is 3.08. The lowest BCUT2D eigenvalue weighted by atomic mass is 10.2. The quantitative estimate of drug-likeness (QED) is 0.832. The molecule has 0 radical (unpaired) electrons. The number of aliphatic carboxylic acids is 1. The van der Waals surface area contributed by atoms with Crippen LogP contribution in [0.3, 0.4) is 0 Å². The average molecular weight is 274 g/mol. The molecule has 0 atom stereocenters. The molecule has 6 heteroatoms. The summed E-state index contributed by atoms with van der Waals surface area (Å²) in [6, 6.07) is 4.65. The smallest absolute Gasteiger partial charge is 0.352 e. The van der Waals surface area contributed by atoms with Crippen molar-refractivity contribution >= 4 is 41.2 Å². The van der Waals surface area contributed by atoms with Crippen LogP contribution in [0.25, 0.3) is 6.08 Å². The molecule has 0 unspecified atom stereocenters. The molecular weight excluding hydrogens is 265 g/mol. The zero-order valence-corrected chi connectivity index (χ0v) is 10.3. The summed E-state index contributed by atoms with van der Waals surface area (Å²) in [6.07, 6.45) is 1.30. The first-order chi connectivity index (χ1) is 7.90. The molecule has 1 aromatic carbocycles. The van der Waals surface area contributed by atoms with Crippen LogP contribution in [0.15, 0.2) is 23.9 Å². The summed E-state index contributed by atoms with van der Waals surface area (Å²) in [5.41, 5.74) is 0.307. The van der Waals surface area contributed by atoms with Gasteiger partial charge in [-0.05, 0) is 23.8 Å². The number of carbonyl (C=O) groups excluding carboxylic acids is 1. The fourth-order valence-corrected chi connectivity index (χ4v) is 1.42. The standard InChI is InChI=1S/C11H9Cl2NO3/c1-6(15)14-10(11(16)17)5-7-2-3-8(12)9(13)4-7/h2-5H,1H3,(H,14,15)(H,16,17)/b10-5+. The summed E-state index contributed by atoms with van der Waals surface area (Å²) in [5, 5.41) is 11.8. The molecule has 0 aliphatic rings. The zero-order chi connectivity index (χ0) is 13.0. The Bertz CT molecular complexity index is 497. The summed E-state index contributed by atoms with van der Waals surface area (Å²) in [5.74, 6) is -1.69. The molecule has 0 saturated heterocycles. The van der Waals surface area contributed by atoms with Crippen molar-refractivity contribution in [2.75, 3.05) is 0 Å². The fourth-order valence-electron chi connectivity index (χ4n) is 1.11. The first-order valence-electron chi connectivity index (χ1n) is 4.58. The van der Waals surface area contributed by atoms with Gasteiger partial charge in [-0.2, -0.15) is 0 Å². The van der Waals surface area contributed by atoms with Crippen molar-refractivity contribution < 1.29 is 14.7 Å². The monoisotopic (exact) mass is 273 g/mol. The molecule has 0 aromatic heterocycles. The molecule has 0 aliphatic heterocycles. The molecular formula is C11H9Cl2NO3. The Morgan fingerprint density at radius 1 is 1.29 bits per heavy atom. The highest BCUT2D eigenvalue weighted by Gasteiger charge is 2.09. The molecule has 0 saturated carbocycles. The van der Waals surface area contributed by atoms with Crippen molar-refractivity contribution in [3.8, 4) is 0 Å². The molecule has 2 N–H and O–H groups in total. The molecule has 90 valence electrons. The maximum Gasteiger partial charge on any atom is 0.352 e. The van der Waals surface area contributed by atoms with E-state index in [0.717, 1.165) is 0 Å². The van der Waals surface area contributed by atoms with Gasteiger partial charge in [0, 0.05) is 6.92 Å². The molecule has 1 amide bonds. The van der Waals surface area contributed by atoms with Crippen LogP contribution >= 0.6 is 23.2 Å². The Morgan fingerprint density at radius 3 is 2.41 bits per heavy atom. The minimum atomic E-state index is -1.23. The molecule has 17 heavy (non-hydrogen) atoms. The van der Waals surface area contributed by atoms with Crippen molar-refractivity contribution in [3.63, 3.8) is 0 Å². The number of benzene rings is 1. The Kier molecular flexibility index (Phi) is 4.54.